The topological polar surface area (TPSA) is 89.0 Å². The van der Waals surface area contributed by atoms with Gasteiger partial charge < -0.3 is 14.8 Å². The standard InChI is InChI=1S/C20H23N3O4/c1-3-4-13-27-18-9-5-15(6-10-18)14-21-23-20(25)19(24)22-16-7-11-17(26-2)12-8-16/h5-12,14H,3-4,13H2,1-2H3,(H,22,24)(H,23,25)/b21-14+. The predicted molar refractivity (Wildman–Crippen MR) is 104 cm³/mol. The zero-order valence-corrected chi connectivity index (χ0v) is 15.4. The molecule has 27 heavy (non-hydrogen) atoms. The van der Waals surface area contributed by atoms with Crippen LogP contribution < -0.4 is 20.2 Å². The number of rotatable bonds is 8. The first-order valence-electron chi connectivity index (χ1n) is 8.63. The van der Waals surface area contributed by atoms with Gasteiger partial charge in [0.2, 0.25) is 0 Å². The Kier molecular flexibility index (Phi) is 7.84. The van der Waals surface area contributed by atoms with E-state index in [4.69, 9.17) is 9.47 Å². The van der Waals surface area contributed by atoms with Crippen LogP contribution in [0.4, 0.5) is 5.69 Å². The van der Waals surface area contributed by atoms with Gasteiger partial charge in [-0.15, -0.1) is 0 Å². The molecule has 2 N–H and O–H groups in total. The van der Waals surface area contributed by atoms with Crippen LogP contribution in [0, 0.1) is 0 Å². The number of carbonyl (C=O) groups is 2. The van der Waals surface area contributed by atoms with E-state index in [0.29, 0.717) is 18.0 Å². The van der Waals surface area contributed by atoms with Crippen LogP contribution in [-0.4, -0.2) is 31.7 Å². The Hall–Kier alpha value is -3.35. The summed E-state index contributed by atoms with van der Waals surface area (Å²) in [6.45, 7) is 2.79. The van der Waals surface area contributed by atoms with Crippen LogP contribution in [0.1, 0.15) is 25.3 Å². The average molecular weight is 369 g/mol. The van der Waals surface area contributed by atoms with E-state index in [1.165, 1.54) is 6.21 Å². The lowest BCUT2D eigenvalue weighted by Gasteiger charge is -2.05. The van der Waals surface area contributed by atoms with Crippen LogP contribution in [0.5, 0.6) is 11.5 Å². The van der Waals surface area contributed by atoms with Gasteiger partial charge in [0.25, 0.3) is 0 Å². The van der Waals surface area contributed by atoms with E-state index in [9.17, 15) is 9.59 Å². The molecule has 0 heterocycles. The van der Waals surface area contributed by atoms with Crippen molar-refractivity contribution in [3.8, 4) is 11.5 Å². The third kappa shape index (κ3) is 6.81. The van der Waals surface area contributed by atoms with Gasteiger partial charge in [0.15, 0.2) is 0 Å². The maximum Gasteiger partial charge on any atom is 0.329 e. The van der Waals surface area contributed by atoms with Crippen molar-refractivity contribution in [2.75, 3.05) is 19.0 Å². The van der Waals surface area contributed by atoms with Crippen LogP contribution in [-0.2, 0) is 9.59 Å². The van der Waals surface area contributed by atoms with Crippen molar-refractivity contribution >= 4 is 23.7 Å². The second-order valence-corrected chi connectivity index (χ2v) is 5.65. The quantitative estimate of drug-likeness (QED) is 0.324. The van der Waals surface area contributed by atoms with Crippen molar-refractivity contribution < 1.29 is 19.1 Å². The summed E-state index contributed by atoms with van der Waals surface area (Å²) in [5, 5.41) is 6.27. The zero-order valence-electron chi connectivity index (χ0n) is 15.4. The maximum atomic E-state index is 11.8. The first-order valence-corrected chi connectivity index (χ1v) is 8.63. The third-order valence-corrected chi connectivity index (χ3v) is 3.58. The summed E-state index contributed by atoms with van der Waals surface area (Å²) in [5.41, 5.74) is 3.45. The van der Waals surface area contributed by atoms with Crippen LogP contribution in [0.15, 0.2) is 53.6 Å². The van der Waals surface area contributed by atoms with E-state index >= 15 is 0 Å². The van der Waals surface area contributed by atoms with E-state index < -0.39 is 11.8 Å². The SMILES string of the molecule is CCCCOc1ccc(/C=N/NC(=O)C(=O)Nc2ccc(OC)cc2)cc1. The lowest BCUT2D eigenvalue weighted by Crippen LogP contribution is -2.32. The average Bonchev–Trinajstić information content (AvgIpc) is 2.70. The number of hydrogen-bond acceptors (Lipinski definition) is 5. The summed E-state index contributed by atoms with van der Waals surface area (Å²) in [5.74, 6) is -0.231. The fraction of sp³-hybridized carbons (Fsp3) is 0.250. The molecule has 0 atom stereocenters. The maximum absolute atomic E-state index is 11.8. The molecule has 0 spiro atoms. The van der Waals surface area contributed by atoms with Gasteiger partial charge in [-0.25, -0.2) is 5.43 Å². The highest BCUT2D eigenvalue weighted by molar-refractivity contribution is 6.39. The molecule has 2 amide bonds. The molecule has 2 aromatic rings. The summed E-state index contributed by atoms with van der Waals surface area (Å²) in [4.78, 5) is 23.6. The van der Waals surface area contributed by atoms with Gasteiger partial charge in [0.05, 0.1) is 19.9 Å². The monoisotopic (exact) mass is 369 g/mol. The van der Waals surface area contributed by atoms with Gasteiger partial charge >= 0.3 is 11.8 Å². The number of ether oxygens (including phenoxy) is 2. The summed E-state index contributed by atoms with van der Waals surface area (Å²) in [6, 6.07) is 13.9. The fourth-order valence-corrected chi connectivity index (χ4v) is 2.06. The smallest absolute Gasteiger partial charge is 0.329 e. The Labute approximate surface area is 158 Å². The first kappa shape index (κ1) is 20.0. The highest BCUT2D eigenvalue weighted by atomic mass is 16.5. The second-order valence-electron chi connectivity index (χ2n) is 5.65. The minimum absolute atomic E-state index is 0.485. The molecule has 0 aliphatic rings. The molecule has 0 aliphatic carbocycles. The minimum Gasteiger partial charge on any atom is -0.497 e. The third-order valence-electron chi connectivity index (χ3n) is 3.58. The molecule has 142 valence electrons. The van der Waals surface area contributed by atoms with E-state index in [0.717, 1.165) is 24.2 Å². The Balaban J connectivity index is 1.80. The Morgan fingerprint density at radius 2 is 1.67 bits per heavy atom. The molecule has 7 heteroatoms. The molecular weight excluding hydrogens is 346 g/mol. The lowest BCUT2D eigenvalue weighted by molar-refractivity contribution is -0.136. The van der Waals surface area contributed by atoms with E-state index in [1.807, 2.05) is 24.3 Å². The number of carbonyl (C=O) groups excluding carboxylic acids is 2. The number of benzene rings is 2. The summed E-state index contributed by atoms with van der Waals surface area (Å²) < 4.78 is 10.6. The predicted octanol–water partition coefficient (Wildman–Crippen LogP) is 2.96. The number of methoxy groups -OCH3 is 1. The van der Waals surface area contributed by atoms with Gasteiger partial charge in [0.1, 0.15) is 11.5 Å². The van der Waals surface area contributed by atoms with Crippen molar-refractivity contribution in [3.05, 3.63) is 54.1 Å². The van der Waals surface area contributed by atoms with Crippen LogP contribution in [0.2, 0.25) is 0 Å². The number of hydrazone groups is 1. The Morgan fingerprint density at radius 1 is 1.00 bits per heavy atom. The molecule has 0 bridgehead atoms. The molecule has 0 saturated carbocycles. The highest BCUT2D eigenvalue weighted by Crippen LogP contribution is 2.15. The number of nitrogens with one attached hydrogen (secondary N) is 2. The van der Waals surface area contributed by atoms with E-state index in [-0.39, 0.29) is 0 Å². The fourth-order valence-electron chi connectivity index (χ4n) is 2.06. The normalized spacial score (nSPS) is 10.4. The van der Waals surface area contributed by atoms with Gasteiger partial charge in [-0.3, -0.25) is 9.59 Å². The van der Waals surface area contributed by atoms with Crippen molar-refractivity contribution in [3.63, 3.8) is 0 Å². The number of anilines is 1. The first-order chi connectivity index (χ1) is 13.1. The van der Waals surface area contributed by atoms with Crippen LogP contribution in [0.3, 0.4) is 0 Å². The molecule has 0 fully saturated rings. The molecule has 0 saturated heterocycles. The summed E-state index contributed by atoms with van der Waals surface area (Å²) >= 11 is 0. The minimum atomic E-state index is -0.860. The number of amides is 2. The Morgan fingerprint density at radius 3 is 2.30 bits per heavy atom. The Bertz CT molecular complexity index is 771. The molecule has 7 nitrogen and oxygen atoms in total. The molecule has 2 aromatic carbocycles. The van der Waals surface area contributed by atoms with Crippen molar-refractivity contribution in [2.45, 2.75) is 19.8 Å². The molecule has 0 aliphatic heterocycles. The zero-order chi connectivity index (χ0) is 19.5. The van der Waals surface area contributed by atoms with Gasteiger partial charge in [-0.2, -0.15) is 5.10 Å². The summed E-state index contributed by atoms with van der Waals surface area (Å²) in [6.07, 6.45) is 3.54. The number of unbranched alkanes of at least 4 members (excludes halogenated alkanes) is 1. The van der Waals surface area contributed by atoms with Crippen LogP contribution >= 0.6 is 0 Å². The molecule has 0 aromatic heterocycles. The van der Waals surface area contributed by atoms with Gasteiger partial charge in [0, 0.05) is 5.69 Å². The van der Waals surface area contributed by atoms with E-state index in [1.54, 1.807) is 31.4 Å². The van der Waals surface area contributed by atoms with Crippen LogP contribution in [0.25, 0.3) is 0 Å². The van der Waals surface area contributed by atoms with E-state index in [2.05, 4.69) is 22.8 Å². The second kappa shape index (κ2) is 10.6. The van der Waals surface area contributed by atoms with Gasteiger partial charge in [-0.05, 0) is 60.5 Å². The largest absolute Gasteiger partial charge is 0.497 e. The van der Waals surface area contributed by atoms with Crippen molar-refractivity contribution in [1.29, 1.82) is 0 Å². The number of hydrogen-bond donors (Lipinski definition) is 2. The lowest BCUT2D eigenvalue weighted by atomic mass is 10.2. The molecule has 0 unspecified atom stereocenters. The highest BCUT2D eigenvalue weighted by Gasteiger charge is 2.12. The van der Waals surface area contributed by atoms with Crippen molar-refractivity contribution in [2.24, 2.45) is 5.10 Å². The van der Waals surface area contributed by atoms with Crippen molar-refractivity contribution in [1.82, 2.24) is 5.43 Å². The molecule has 2 rings (SSSR count). The molecule has 0 radical (unpaired) electrons. The summed E-state index contributed by atoms with van der Waals surface area (Å²) in [7, 11) is 1.55. The molecular formula is C20H23N3O4. The van der Waals surface area contributed by atoms with Gasteiger partial charge in [-0.1, -0.05) is 13.3 Å². The number of nitrogens with zero attached hydrogens (tertiary/aromatic N) is 1.